The second kappa shape index (κ2) is 24.4. The summed E-state index contributed by atoms with van der Waals surface area (Å²) >= 11 is 0. The second-order valence-corrected chi connectivity index (χ2v) is 28.7. The van der Waals surface area contributed by atoms with Crippen LogP contribution in [0.4, 0.5) is 0 Å². The Morgan fingerprint density at radius 1 is 0.553 bits per heavy atom. The van der Waals surface area contributed by atoms with E-state index in [4.69, 9.17) is 47.4 Å². The summed E-state index contributed by atoms with van der Waals surface area (Å²) in [6, 6.07) is 0. The number of fused-ring (bicyclic) bond motifs is 7. The van der Waals surface area contributed by atoms with Gasteiger partial charge in [0.2, 0.25) is 6.29 Å². The summed E-state index contributed by atoms with van der Waals surface area (Å²) in [6.45, 7) is 15.0. The highest BCUT2D eigenvalue weighted by Crippen LogP contribution is 2.76. The Bertz CT molecular complexity index is 2360. The lowest BCUT2D eigenvalue weighted by Gasteiger charge is -2.71. The number of aliphatic hydroxyl groups is 15. The Labute approximate surface area is 494 Å². The van der Waals surface area contributed by atoms with Crippen LogP contribution in [-0.4, -0.2) is 263 Å². The Morgan fingerprint density at radius 2 is 1.11 bits per heavy atom. The summed E-state index contributed by atoms with van der Waals surface area (Å²) in [4.78, 5) is 15.2. The molecule has 4 saturated carbocycles. The fraction of sp³-hybridized carbons (Fsp3) is 0.949. The molecule has 0 aromatic rings. The average molecular weight is 1220 g/mol. The van der Waals surface area contributed by atoms with Crippen LogP contribution in [0.25, 0.3) is 0 Å². The van der Waals surface area contributed by atoms with E-state index in [0.29, 0.717) is 38.5 Å². The van der Waals surface area contributed by atoms with Crippen LogP contribution >= 0.6 is 0 Å². The molecule has 5 aliphatic carbocycles. The zero-order chi connectivity index (χ0) is 62.0. The molecule has 32 atom stereocenters. The molecule has 0 radical (unpaired) electrons. The first-order valence-corrected chi connectivity index (χ1v) is 30.6. The van der Waals surface area contributed by atoms with Gasteiger partial charge in [0.15, 0.2) is 25.2 Å². The monoisotopic (exact) mass is 1220 g/mol. The van der Waals surface area contributed by atoms with E-state index in [2.05, 4.69) is 54.5 Å². The molecule has 10 aliphatic rings. The number of hydrogen-bond donors (Lipinski definition) is 15. The van der Waals surface area contributed by atoms with Crippen LogP contribution in [0.3, 0.4) is 0 Å². The van der Waals surface area contributed by atoms with Gasteiger partial charge in [-0.3, -0.25) is 4.79 Å². The third-order valence-corrected chi connectivity index (χ3v) is 23.1. The molecule has 9 fully saturated rings. The van der Waals surface area contributed by atoms with Gasteiger partial charge in [0.05, 0.1) is 44.1 Å². The Kier molecular flexibility index (Phi) is 19.0. The van der Waals surface area contributed by atoms with Gasteiger partial charge in [0.1, 0.15) is 110 Å². The van der Waals surface area contributed by atoms with Gasteiger partial charge in [0, 0.05) is 0 Å². The zero-order valence-electron chi connectivity index (χ0n) is 49.8. The van der Waals surface area contributed by atoms with Crippen LogP contribution in [0.1, 0.15) is 120 Å². The Morgan fingerprint density at radius 3 is 1.74 bits per heavy atom. The van der Waals surface area contributed by atoms with Crippen molar-refractivity contribution in [1.29, 1.82) is 0 Å². The van der Waals surface area contributed by atoms with E-state index >= 15 is 4.79 Å². The quantitative estimate of drug-likeness (QED) is 0.0513. The lowest BCUT2D eigenvalue weighted by Crippen LogP contribution is -2.66. The average Bonchev–Trinajstić information content (AvgIpc) is 0.890. The molecule has 26 nitrogen and oxygen atoms in total. The van der Waals surface area contributed by atoms with Gasteiger partial charge in [-0.25, -0.2) is 0 Å². The van der Waals surface area contributed by atoms with E-state index in [1.807, 2.05) is 0 Å². The molecule has 5 heterocycles. The van der Waals surface area contributed by atoms with Crippen molar-refractivity contribution in [2.45, 2.75) is 273 Å². The number of esters is 1. The lowest BCUT2D eigenvalue weighted by molar-refractivity contribution is -0.380. The molecule has 488 valence electrons. The largest absolute Gasteiger partial charge is 0.432 e. The molecule has 15 N–H and O–H groups in total. The summed E-state index contributed by atoms with van der Waals surface area (Å²) in [5.74, 6) is -0.567. The van der Waals surface area contributed by atoms with Crippen LogP contribution in [0.5, 0.6) is 0 Å². The molecule has 0 amide bonds. The molecule has 10 rings (SSSR count). The van der Waals surface area contributed by atoms with Gasteiger partial charge in [-0.05, 0) is 116 Å². The van der Waals surface area contributed by atoms with Crippen LogP contribution in [0, 0.1) is 50.2 Å². The maximum absolute atomic E-state index is 15.2. The maximum atomic E-state index is 15.2. The van der Waals surface area contributed by atoms with Gasteiger partial charge in [-0.1, -0.05) is 60.1 Å². The summed E-state index contributed by atoms with van der Waals surface area (Å²) in [7, 11) is 0. The Hall–Kier alpha value is -1.75. The minimum Gasteiger partial charge on any atom is -0.432 e. The molecule has 5 aliphatic heterocycles. The van der Waals surface area contributed by atoms with E-state index in [9.17, 15) is 76.6 Å². The highest BCUT2D eigenvalue weighted by Gasteiger charge is 2.70. The highest BCUT2D eigenvalue weighted by molar-refractivity contribution is 5.79. The molecule has 0 bridgehead atoms. The van der Waals surface area contributed by atoms with Gasteiger partial charge in [-0.15, -0.1) is 0 Å². The van der Waals surface area contributed by atoms with E-state index in [1.165, 1.54) is 12.5 Å². The van der Waals surface area contributed by atoms with Crippen LogP contribution < -0.4 is 0 Å². The van der Waals surface area contributed by atoms with Gasteiger partial charge in [-0.2, -0.15) is 0 Å². The number of carbonyl (C=O) groups excluding carboxylic acids is 1. The summed E-state index contributed by atoms with van der Waals surface area (Å²) in [5, 5.41) is 160. The summed E-state index contributed by atoms with van der Waals surface area (Å²) < 4.78 is 60.2. The van der Waals surface area contributed by atoms with E-state index in [1.54, 1.807) is 0 Å². The fourth-order valence-corrected chi connectivity index (χ4v) is 17.5. The SMILES string of the molecule is C[C@@H]1O[C@@H](O[C@H]2[C@H](O[C@H]3CC[C@@]4(C)C(CC[C@]5(C)C4CC=C4C6CC(C)(C)CC[C@]6(C(=O)O[C@@H]6O[C@H](CO[C@@H]7O[C@H](CO)[C@@H](O)[C@H](O)[C@H]7O)[C@@H](O)[C@H](O)[C@H]6O)CC[C@]45C)C3(C)C)OC[C@@H](O[C@@H]3O[C@H](CO)[C@@H](O)[C@H](O)[C@H]3O)[C@@H]2O)[C@H](O)[C@H](O)[C@H]1O. The normalized spacial score (nSPS) is 54.1. The van der Waals surface area contributed by atoms with Gasteiger partial charge in [0.25, 0.3) is 0 Å². The minimum atomic E-state index is -1.85. The third-order valence-electron chi connectivity index (χ3n) is 23.1. The van der Waals surface area contributed by atoms with Gasteiger partial charge < -0.3 is 124 Å². The predicted octanol–water partition coefficient (Wildman–Crippen LogP) is -2.54. The van der Waals surface area contributed by atoms with Crippen molar-refractivity contribution in [2.24, 2.45) is 50.2 Å². The van der Waals surface area contributed by atoms with E-state index in [0.717, 1.165) is 25.7 Å². The second-order valence-electron chi connectivity index (χ2n) is 28.7. The van der Waals surface area contributed by atoms with Crippen molar-refractivity contribution in [3.8, 4) is 0 Å². The number of rotatable bonds is 13. The number of carbonyl (C=O) groups is 1. The lowest BCUT2D eigenvalue weighted by atomic mass is 9.33. The first-order valence-electron chi connectivity index (χ1n) is 30.6. The molecule has 85 heavy (non-hydrogen) atoms. The fourth-order valence-electron chi connectivity index (χ4n) is 17.5. The number of ether oxygens (including phenoxy) is 10. The van der Waals surface area contributed by atoms with Crippen LogP contribution in [-0.2, 0) is 52.2 Å². The standard InChI is InChI=1S/C59H96O26/c1-24-34(62)39(67)44(72)49(78-24)84-47-38(66)30(82-50-45(73)41(69)36(64)28(21-61)80-50)23-77-52(47)83-33-12-13-56(6)31(55(33,4)5)11-14-58(8)32(56)10-9-25-26-19-54(2,3)15-17-59(26,18-16-57(25,58)7)53(75)85-51-46(74)42(70)37(65)29(81-51)22-76-48-43(71)40(68)35(63)27(20-60)79-48/h9,24,26-52,60-74H,10-23H2,1-8H3/t24-,26?,27+,28+,29+,30+,31?,32?,33-,34-,35+,36+,37+,38-,39+,40-,41-,42-,43+,44+,45+,46+,47+,48+,49-,50-,51-,52-,56-,57+,58+,59-/m0/s1. The minimum absolute atomic E-state index is 0.0972. The van der Waals surface area contributed by atoms with Crippen molar-refractivity contribution in [1.82, 2.24) is 0 Å². The summed E-state index contributed by atoms with van der Waals surface area (Å²) in [5.41, 5.74) is -1.35. The molecule has 0 aromatic heterocycles. The first kappa shape index (κ1) is 66.2. The van der Waals surface area contributed by atoms with Crippen molar-refractivity contribution in [3.05, 3.63) is 11.6 Å². The topological polar surface area (TPSA) is 413 Å². The molecule has 0 aromatic carbocycles. The van der Waals surface area contributed by atoms with Crippen molar-refractivity contribution in [2.75, 3.05) is 26.4 Å². The molecule has 26 heteroatoms. The Balaban J connectivity index is 0.861. The third kappa shape index (κ3) is 11.2. The van der Waals surface area contributed by atoms with Crippen LogP contribution in [0.15, 0.2) is 11.6 Å². The number of allylic oxidation sites excluding steroid dienone is 2. The zero-order valence-corrected chi connectivity index (χ0v) is 49.8. The highest BCUT2D eigenvalue weighted by atomic mass is 16.8. The van der Waals surface area contributed by atoms with E-state index in [-0.39, 0.29) is 46.0 Å². The van der Waals surface area contributed by atoms with E-state index < -0.39 is 190 Å². The number of hydrogen-bond acceptors (Lipinski definition) is 26. The maximum Gasteiger partial charge on any atom is 0.315 e. The van der Waals surface area contributed by atoms with Crippen LogP contribution in [0.2, 0.25) is 0 Å². The molecule has 3 unspecified atom stereocenters. The smallest absolute Gasteiger partial charge is 0.315 e. The number of aliphatic hydroxyl groups excluding tert-OH is 15. The van der Waals surface area contributed by atoms with Gasteiger partial charge >= 0.3 is 5.97 Å². The first-order chi connectivity index (χ1) is 39.8. The predicted molar refractivity (Wildman–Crippen MR) is 288 cm³/mol. The van der Waals surface area contributed by atoms with Crippen molar-refractivity contribution in [3.63, 3.8) is 0 Å². The summed E-state index contributed by atoms with van der Waals surface area (Å²) in [6.07, 6.45) is -29.5. The molecular weight excluding hydrogens is 1120 g/mol. The molecule has 0 spiro atoms. The molecule has 5 saturated heterocycles. The van der Waals surface area contributed by atoms with Crippen molar-refractivity contribution >= 4 is 5.97 Å². The van der Waals surface area contributed by atoms with Crippen molar-refractivity contribution < 1.29 is 129 Å². The molecular formula is C59H96O26.